The van der Waals surface area contributed by atoms with Crippen LogP contribution in [0.5, 0.6) is 23.0 Å². The first-order valence-corrected chi connectivity index (χ1v) is 11.9. The predicted octanol–water partition coefficient (Wildman–Crippen LogP) is 6.49. The van der Waals surface area contributed by atoms with Crippen LogP contribution in [0, 0.1) is 11.3 Å². The minimum atomic E-state index is -0.705. The summed E-state index contributed by atoms with van der Waals surface area (Å²) < 4.78 is 20.3. The van der Waals surface area contributed by atoms with Gasteiger partial charge in [0.25, 0.3) is 11.1 Å². The second kappa shape index (κ2) is 13.6. The van der Waals surface area contributed by atoms with Crippen LogP contribution in [0.25, 0.3) is 0 Å². The Bertz CT molecular complexity index is 1350. The van der Waals surface area contributed by atoms with Crippen molar-refractivity contribution < 1.29 is 28.5 Å². The molecule has 10 heteroatoms. The van der Waals surface area contributed by atoms with E-state index in [1.54, 1.807) is 62.4 Å². The highest BCUT2D eigenvalue weighted by Crippen LogP contribution is 2.32. The van der Waals surface area contributed by atoms with Gasteiger partial charge in [-0.1, -0.05) is 17.7 Å². The zero-order valence-corrected chi connectivity index (χ0v) is 23.4. The number of ether oxygens (including phenoxy) is 4. The van der Waals surface area contributed by atoms with Gasteiger partial charge in [0, 0.05) is 21.8 Å². The summed E-state index contributed by atoms with van der Waals surface area (Å²) >= 11 is 11.6. The summed E-state index contributed by atoms with van der Waals surface area (Å²) in [6, 6.07) is 17.0. The largest absolute Gasteiger partial charge is 0.493 e. The number of carbonyl (C=O) groups excluding carboxylic acids is 2. The third-order valence-electron chi connectivity index (χ3n) is 5.44. The monoisotopic (exact) mass is 558 g/mol. The van der Waals surface area contributed by atoms with Crippen LogP contribution in [0.1, 0.15) is 40.1 Å². The first kappa shape index (κ1) is 30.3. The second-order valence-corrected chi connectivity index (χ2v) is 9.05. The summed E-state index contributed by atoms with van der Waals surface area (Å²) in [5.41, 5.74) is 1.36. The summed E-state index contributed by atoms with van der Waals surface area (Å²) in [4.78, 5) is 23.2. The molecule has 8 nitrogen and oxygen atoms in total. The van der Waals surface area contributed by atoms with E-state index in [2.05, 4.69) is 11.4 Å². The van der Waals surface area contributed by atoms with Crippen molar-refractivity contribution in [1.82, 2.24) is 0 Å². The van der Waals surface area contributed by atoms with E-state index in [1.165, 1.54) is 34.5 Å². The maximum atomic E-state index is 12.4. The number of nitriles is 1. The molecule has 0 aliphatic carbocycles. The average molecular weight is 559 g/mol. The fourth-order valence-electron chi connectivity index (χ4n) is 3.30. The highest BCUT2D eigenvalue weighted by atomic mass is 35.5. The van der Waals surface area contributed by atoms with Gasteiger partial charge < -0.3 is 24.3 Å². The molecule has 3 rings (SSSR count). The summed E-state index contributed by atoms with van der Waals surface area (Å²) in [6.07, 6.45) is 0. The number of halogens is 2. The molecular formula is C28H28Cl2N2O6. The van der Waals surface area contributed by atoms with E-state index in [-0.39, 0.29) is 5.91 Å². The highest BCUT2D eigenvalue weighted by molar-refractivity contribution is 6.67. The van der Waals surface area contributed by atoms with Crippen molar-refractivity contribution in [3.63, 3.8) is 0 Å². The molecular weight excluding hydrogens is 531 g/mol. The van der Waals surface area contributed by atoms with Gasteiger partial charge in [0.15, 0.2) is 23.0 Å². The van der Waals surface area contributed by atoms with Gasteiger partial charge in [-0.05, 0) is 79.5 Å². The Labute approximate surface area is 232 Å². The van der Waals surface area contributed by atoms with Crippen LogP contribution in [0.3, 0.4) is 0 Å². The van der Waals surface area contributed by atoms with E-state index in [4.69, 9.17) is 42.1 Å². The van der Waals surface area contributed by atoms with E-state index in [0.29, 0.717) is 50.4 Å². The minimum Gasteiger partial charge on any atom is -0.493 e. The lowest BCUT2D eigenvalue weighted by Crippen LogP contribution is -2.16. The van der Waals surface area contributed by atoms with E-state index >= 15 is 0 Å². The molecule has 3 aromatic rings. The van der Waals surface area contributed by atoms with Gasteiger partial charge in [-0.2, -0.15) is 5.26 Å². The fourth-order valence-corrected chi connectivity index (χ4v) is 3.83. The SMILES string of the molecule is COc1ccc(C(=O)Cl)cc1OC.COc1ccc(C(=O)Nc2ccc(C(C)(C)C#N)c(Cl)c2)cc1OC. The first-order valence-electron chi connectivity index (χ1n) is 11.2. The number of amides is 1. The highest BCUT2D eigenvalue weighted by Gasteiger charge is 2.23. The molecule has 0 atom stereocenters. The van der Waals surface area contributed by atoms with Crippen molar-refractivity contribution in [3.8, 4) is 29.1 Å². The maximum Gasteiger partial charge on any atom is 0.255 e. The van der Waals surface area contributed by atoms with Gasteiger partial charge in [-0.15, -0.1) is 0 Å². The molecule has 0 spiro atoms. The van der Waals surface area contributed by atoms with E-state index < -0.39 is 10.7 Å². The van der Waals surface area contributed by atoms with Crippen LogP contribution in [-0.4, -0.2) is 39.6 Å². The lowest BCUT2D eigenvalue weighted by Gasteiger charge is -2.18. The molecule has 0 unspecified atom stereocenters. The third kappa shape index (κ3) is 7.54. The first-order chi connectivity index (χ1) is 18.0. The zero-order valence-electron chi connectivity index (χ0n) is 21.8. The smallest absolute Gasteiger partial charge is 0.255 e. The Hall–Kier alpha value is -3.93. The molecule has 0 aliphatic heterocycles. The third-order valence-corrected chi connectivity index (χ3v) is 5.97. The van der Waals surface area contributed by atoms with Crippen molar-refractivity contribution in [2.45, 2.75) is 19.3 Å². The molecule has 0 aromatic heterocycles. The van der Waals surface area contributed by atoms with E-state index in [0.717, 1.165) is 0 Å². The van der Waals surface area contributed by atoms with Crippen LogP contribution in [0.4, 0.5) is 5.69 Å². The summed E-state index contributed by atoms with van der Waals surface area (Å²) in [5.74, 6) is 1.78. The number of nitrogens with zero attached hydrogens (tertiary/aromatic N) is 1. The number of benzene rings is 3. The molecule has 0 radical (unpaired) electrons. The standard InChI is InChI=1S/C19H19ClN2O3.C9H9ClO3/c1-19(2,11-21)14-7-6-13(10-15(14)20)22-18(23)12-5-8-16(24-3)17(9-12)25-4;1-12-7-4-3-6(9(10)11)5-8(7)13-2/h5-10H,1-4H3,(H,22,23);3-5H,1-2H3. The second-order valence-electron chi connectivity index (χ2n) is 8.30. The number of anilines is 1. The lowest BCUT2D eigenvalue weighted by molar-refractivity contribution is 0.102. The maximum absolute atomic E-state index is 12.4. The molecule has 3 aromatic carbocycles. The molecule has 1 N–H and O–H groups in total. The van der Waals surface area contributed by atoms with Crippen molar-refractivity contribution in [3.05, 3.63) is 76.3 Å². The quantitative estimate of drug-likeness (QED) is 0.314. The molecule has 0 aliphatic rings. The van der Waals surface area contributed by atoms with E-state index in [1.807, 2.05) is 0 Å². The topological polar surface area (TPSA) is 107 Å². The molecule has 0 saturated carbocycles. The number of nitrogens with one attached hydrogen (secondary N) is 1. The van der Waals surface area contributed by atoms with Crippen molar-refractivity contribution >= 4 is 40.0 Å². The van der Waals surface area contributed by atoms with Gasteiger partial charge >= 0.3 is 0 Å². The Balaban J connectivity index is 0.000000328. The van der Waals surface area contributed by atoms with Gasteiger partial charge in [0.2, 0.25) is 0 Å². The Morgan fingerprint density at radius 2 is 1.29 bits per heavy atom. The van der Waals surface area contributed by atoms with Crippen LogP contribution in [-0.2, 0) is 5.41 Å². The van der Waals surface area contributed by atoms with Gasteiger partial charge in [-0.25, -0.2) is 0 Å². The van der Waals surface area contributed by atoms with Crippen LogP contribution >= 0.6 is 23.2 Å². The lowest BCUT2D eigenvalue weighted by atomic mass is 9.86. The number of hydrogen-bond acceptors (Lipinski definition) is 7. The fraction of sp³-hybridized carbons (Fsp3) is 0.250. The van der Waals surface area contributed by atoms with Crippen molar-refractivity contribution in [1.29, 1.82) is 5.26 Å². The summed E-state index contributed by atoms with van der Waals surface area (Å²) in [7, 11) is 6.07. The molecule has 1 amide bonds. The van der Waals surface area contributed by atoms with Crippen LogP contribution in [0.2, 0.25) is 5.02 Å². The zero-order chi connectivity index (χ0) is 28.5. The number of methoxy groups -OCH3 is 4. The van der Waals surface area contributed by atoms with Gasteiger partial charge in [0.05, 0.1) is 39.9 Å². The van der Waals surface area contributed by atoms with Crippen LogP contribution in [0.15, 0.2) is 54.6 Å². The normalized spacial score (nSPS) is 10.3. The Morgan fingerprint density at radius 3 is 1.74 bits per heavy atom. The van der Waals surface area contributed by atoms with Crippen molar-refractivity contribution in [2.75, 3.05) is 33.8 Å². The number of carbonyl (C=O) groups is 2. The molecule has 0 fully saturated rings. The summed E-state index contributed by atoms with van der Waals surface area (Å²) in [5, 5.41) is 11.9. The minimum absolute atomic E-state index is 0.302. The van der Waals surface area contributed by atoms with Gasteiger partial charge in [-0.3, -0.25) is 9.59 Å². The molecule has 0 bridgehead atoms. The molecule has 38 heavy (non-hydrogen) atoms. The predicted molar refractivity (Wildman–Crippen MR) is 147 cm³/mol. The van der Waals surface area contributed by atoms with Crippen molar-refractivity contribution in [2.24, 2.45) is 0 Å². The molecule has 0 heterocycles. The summed E-state index contributed by atoms with van der Waals surface area (Å²) in [6.45, 7) is 3.58. The van der Waals surface area contributed by atoms with Crippen LogP contribution < -0.4 is 24.3 Å². The van der Waals surface area contributed by atoms with E-state index in [9.17, 15) is 14.9 Å². The average Bonchev–Trinajstić information content (AvgIpc) is 2.92. The Kier molecular flexibility index (Phi) is 10.8. The number of rotatable bonds is 8. The Morgan fingerprint density at radius 1 is 0.789 bits per heavy atom. The molecule has 0 saturated heterocycles. The van der Waals surface area contributed by atoms with Gasteiger partial charge in [0.1, 0.15) is 0 Å². The number of hydrogen-bond donors (Lipinski definition) is 1. The molecule has 200 valence electrons.